The molecule has 3 heterocycles. The Morgan fingerprint density at radius 1 is 1.21 bits per heavy atom. The van der Waals surface area contributed by atoms with Gasteiger partial charge >= 0.3 is 0 Å². The summed E-state index contributed by atoms with van der Waals surface area (Å²) < 4.78 is 2.49. The number of fused-ring (bicyclic) bond motifs is 5. The van der Waals surface area contributed by atoms with Crippen LogP contribution in [0.2, 0.25) is 0 Å². The molecule has 3 nitrogen and oxygen atoms in total. The molecule has 102 valence electrons. The third-order valence-electron chi connectivity index (χ3n) is 4.31. The molecule has 0 saturated heterocycles. The Kier molecular flexibility index (Phi) is 2.71. The zero-order valence-corrected chi connectivity index (χ0v) is 12.6. The summed E-state index contributed by atoms with van der Waals surface area (Å²) in [6.45, 7) is 8.10. The van der Waals surface area contributed by atoms with Gasteiger partial charge in [0.1, 0.15) is 0 Å². The highest BCUT2D eigenvalue weighted by Gasteiger charge is 2.27. The van der Waals surface area contributed by atoms with Gasteiger partial charge < -0.3 is 0 Å². The SMILES string of the molecule is CC(C)CN1CCc2nc3sc4c(n3c2C1)CCC4. The van der Waals surface area contributed by atoms with Gasteiger partial charge in [0.15, 0.2) is 4.96 Å². The molecule has 4 heteroatoms. The van der Waals surface area contributed by atoms with Gasteiger partial charge in [0.25, 0.3) is 0 Å². The van der Waals surface area contributed by atoms with Gasteiger partial charge in [0.05, 0.1) is 11.4 Å². The van der Waals surface area contributed by atoms with Crippen LogP contribution in [0.3, 0.4) is 0 Å². The van der Waals surface area contributed by atoms with E-state index in [9.17, 15) is 0 Å². The van der Waals surface area contributed by atoms with E-state index in [0.717, 1.165) is 18.9 Å². The summed E-state index contributed by atoms with van der Waals surface area (Å²) in [7, 11) is 0. The number of rotatable bonds is 2. The van der Waals surface area contributed by atoms with Gasteiger partial charge in [-0.05, 0) is 25.2 Å². The quantitative estimate of drug-likeness (QED) is 0.840. The third-order valence-corrected chi connectivity index (χ3v) is 5.45. The topological polar surface area (TPSA) is 20.5 Å². The second-order valence-corrected chi connectivity index (χ2v) is 7.39. The molecule has 2 aromatic rings. The van der Waals surface area contributed by atoms with Crippen molar-refractivity contribution < 1.29 is 0 Å². The van der Waals surface area contributed by atoms with Gasteiger partial charge in [-0.3, -0.25) is 9.30 Å². The molecule has 1 aliphatic heterocycles. The molecule has 2 aliphatic rings. The second kappa shape index (κ2) is 4.32. The van der Waals surface area contributed by atoms with Crippen LogP contribution < -0.4 is 0 Å². The van der Waals surface area contributed by atoms with Crippen molar-refractivity contribution in [1.82, 2.24) is 14.3 Å². The van der Waals surface area contributed by atoms with Crippen molar-refractivity contribution in [3.63, 3.8) is 0 Å². The molecule has 19 heavy (non-hydrogen) atoms. The molecule has 0 unspecified atom stereocenters. The molecular formula is C15H21N3S. The molecule has 0 amide bonds. The lowest BCUT2D eigenvalue weighted by Crippen LogP contribution is -2.34. The van der Waals surface area contributed by atoms with E-state index in [1.54, 1.807) is 10.6 Å². The predicted molar refractivity (Wildman–Crippen MR) is 78.9 cm³/mol. The van der Waals surface area contributed by atoms with E-state index in [1.165, 1.54) is 48.7 Å². The molecule has 0 saturated carbocycles. The standard InChI is InChI=1S/C15H21N3S/c1-10(2)8-17-7-6-11-13(9-17)18-12-4-3-5-14(12)19-15(18)16-11/h10H,3-9H2,1-2H3. The summed E-state index contributed by atoms with van der Waals surface area (Å²) in [5.74, 6) is 0.748. The first kappa shape index (κ1) is 11.9. The summed E-state index contributed by atoms with van der Waals surface area (Å²) in [4.78, 5) is 10.3. The minimum absolute atomic E-state index is 0.748. The fourth-order valence-corrected chi connectivity index (χ4v) is 4.81. The number of imidazole rings is 1. The van der Waals surface area contributed by atoms with Crippen LogP contribution in [0, 0.1) is 5.92 Å². The van der Waals surface area contributed by atoms with Crippen molar-refractivity contribution >= 4 is 16.3 Å². The van der Waals surface area contributed by atoms with Crippen LogP contribution in [-0.4, -0.2) is 27.4 Å². The Hall–Kier alpha value is -0.870. The molecule has 0 N–H and O–H groups in total. The van der Waals surface area contributed by atoms with E-state index in [1.807, 2.05) is 11.3 Å². The zero-order valence-electron chi connectivity index (χ0n) is 11.8. The number of hydrogen-bond donors (Lipinski definition) is 0. The number of hydrogen-bond acceptors (Lipinski definition) is 3. The lowest BCUT2D eigenvalue weighted by molar-refractivity contribution is 0.222. The van der Waals surface area contributed by atoms with Gasteiger partial charge in [-0.2, -0.15) is 0 Å². The van der Waals surface area contributed by atoms with Crippen LogP contribution >= 0.6 is 11.3 Å². The van der Waals surface area contributed by atoms with E-state index < -0.39 is 0 Å². The highest BCUT2D eigenvalue weighted by molar-refractivity contribution is 7.17. The van der Waals surface area contributed by atoms with Crippen molar-refractivity contribution in [2.45, 2.75) is 46.1 Å². The highest BCUT2D eigenvalue weighted by Crippen LogP contribution is 2.34. The van der Waals surface area contributed by atoms with Crippen molar-refractivity contribution in [3.05, 3.63) is 22.0 Å². The number of aromatic nitrogens is 2. The second-order valence-electron chi connectivity index (χ2n) is 6.33. The van der Waals surface area contributed by atoms with E-state index in [-0.39, 0.29) is 0 Å². The van der Waals surface area contributed by atoms with Crippen molar-refractivity contribution in [2.75, 3.05) is 13.1 Å². The van der Waals surface area contributed by atoms with Crippen molar-refractivity contribution in [3.8, 4) is 0 Å². The fourth-order valence-electron chi connectivity index (χ4n) is 3.57. The number of aryl methyl sites for hydroxylation is 2. The van der Waals surface area contributed by atoms with Gasteiger partial charge in [-0.1, -0.05) is 13.8 Å². The van der Waals surface area contributed by atoms with E-state index in [4.69, 9.17) is 4.98 Å². The maximum absolute atomic E-state index is 4.88. The molecule has 2 aromatic heterocycles. The average molecular weight is 275 g/mol. The van der Waals surface area contributed by atoms with Crippen LogP contribution in [0.4, 0.5) is 0 Å². The predicted octanol–water partition coefficient (Wildman–Crippen LogP) is 2.90. The van der Waals surface area contributed by atoms with Gasteiger partial charge in [0.2, 0.25) is 0 Å². The van der Waals surface area contributed by atoms with Crippen LogP contribution in [0.25, 0.3) is 4.96 Å². The summed E-state index contributed by atoms with van der Waals surface area (Å²) in [6, 6.07) is 0. The third kappa shape index (κ3) is 1.84. The summed E-state index contributed by atoms with van der Waals surface area (Å²) in [6.07, 6.45) is 4.99. The maximum atomic E-state index is 4.88. The summed E-state index contributed by atoms with van der Waals surface area (Å²) in [5, 5.41) is 0. The molecule has 4 rings (SSSR count). The largest absolute Gasteiger partial charge is 0.297 e. The Morgan fingerprint density at radius 2 is 2.11 bits per heavy atom. The fraction of sp³-hybridized carbons (Fsp3) is 0.667. The number of thiazole rings is 1. The normalized spacial score (nSPS) is 19.3. The molecule has 0 aromatic carbocycles. The minimum Gasteiger partial charge on any atom is -0.297 e. The molecule has 0 spiro atoms. The van der Waals surface area contributed by atoms with Crippen molar-refractivity contribution in [1.29, 1.82) is 0 Å². The first-order chi connectivity index (χ1) is 9.22. The van der Waals surface area contributed by atoms with Crippen molar-refractivity contribution in [2.24, 2.45) is 5.92 Å². The molecule has 0 bridgehead atoms. The smallest absolute Gasteiger partial charge is 0.194 e. The van der Waals surface area contributed by atoms with Crippen LogP contribution in [0.1, 0.15) is 42.2 Å². The highest BCUT2D eigenvalue weighted by atomic mass is 32.1. The Bertz CT molecular complexity index is 623. The van der Waals surface area contributed by atoms with Crippen LogP contribution in [0.15, 0.2) is 0 Å². The maximum Gasteiger partial charge on any atom is 0.194 e. The first-order valence-electron chi connectivity index (χ1n) is 7.45. The van der Waals surface area contributed by atoms with Gasteiger partial charge in [-0.15, -0.1) is 11.3 Å². The average Bonchev–Trinajstić information content (AvgIpc) is 2.97. The molecule has 0 atom stereocenters. The summed E-state index contributed by atoms with van der Waals surface area (Å²) >= 11 is 1.93. The van der Waals surface area contributed by atoms with Gasteiger partial charge in [-0.25, -0.2) is 4.98 Å². The molecule has 0 radical (unpaired) electrons. The number of nitrogens with zero attached hydrogens (tertiary/aromatic N) is 3. The lowest BCUT2D eigenvalue weighted by atomic mass is 10.1. The van der Waals surface area contributed by atoms with E-state index in [0.29, 0.717) is 0 Å². The lowest BCUT2D eigenvalue weighted by Gasteiger charge is -2.28. The minimum atomic E-state index is 0.748. The van der Waals surface area contributed by atoms with Crippen LogP contribution in [-0.2, 0) is 25.8 Å². The Balaban J connectivity index is 1.75. The van der Waals surface area contributed by atoms with E-state index in [2.05, 4.69) is 23.1 Å². The monoisotopic (exact) mass is 275 g/mol. The molecule has 1 aliphatic carbocycles. The first-order valence-corrected chi connectivity index (χ1v) is 8.27. The Morgan fingerprint density at radius 3 is 2.95 bits per heavy atom. The molecule has 0 fully saturated rings. The van der Waals surface area contributed by atoms with E-state index >= 15 is 0 Å². The zero-order chi connectivity index (χ0) is 13.0. The molecular weight excluding hydrogens is 254 g/mol. The summed E-state index contributed by atoms with van der Waals surface area (Å²) in [5.41, 5.74) is 4.42. The Labute approximate surface area is 118 Å². The van der Waals surface area contributed by atoms with Crippen LogP contribution in [0.5, 0.6) is 0 Å². The van der Waals surface area contributed by atoms with Gasteiger partial charge in [0, 0.05) is 36.6 Å².